The first-order valence-corrected chi connectivity index (χ1v) is 12.7. The predicted molar refractivity (Wildman–Crippen MR) is 139 cm³/mol. The van der Waals surface area contributed by atoms with Crippen LogP contribution in [0.3, 0.4) is 0 Å². The van der Waals surface area contributed by atoms with Gasteiger partial charge in [0.25, 0.3) is 0 Å². The minimum absolute atomic E-state index is 0.325. The molecule has 33 heavy (non-hydrogen) atoms. The van der Waals surface area contributed by atoms with E-state index >= 15 is 0 Å². The minimum atomic E-state index is 0.325. The van der Waals surface area contributed by atoms with Crippen molar-refractivity contribution >= 4 is 5.71 Å². The average Bonchev–Trinajstić information content (AvgIpc) is 3.25. The second-order valence-corrected chi connectivity index (χ2v) is 9.06. The second kappa shape index (κ2) is 14.8. The fourth-order valence-electron chi connectivity index (χ4n) is 4.09. The second-order valence-electron chi connectivity index (χ2n) is 9.06. The van der Waals surface area contributed by atoms with E-state index in [2.05, 4.69) is 94.1 Å². The van der Waals surface area contributed by atoms with Gasteiger partial charge in [0.2, 0.25) is 6.79 Å². The number of benzene rings is 1. The molecule has 2 unspecified atom stereocenters. The number of rotatable bonds is 14. The molecule has 1 aromatic rings. The van der Waals surface area contributed by atoms with Crippen LogP contribution in [0.25, 0.3) is 0 Å². The molecule has 0 aromatic heterocycles. The van der Waals surface area contributed by atoms with E-state index in [4.69, 9.17) is 14.6 Å². The Morgan fingerprint density at radius 3 is 2.45 bits per heavy atom. The van der Waals surface area contributed by atoms with Crippen LogP contribution in [-0.4, -0.2) is 55.6 Å². The number of hydrogen-bond donors (Lipinski definition) is 0. The molecular weight excluding hydrogens is 410 g/mol. The van der Waals surface area contributed by atoms with Crippen molar-refractivity contribution in [3.8, 4) is 0 Å². The molecule has 0 bridgehead atoms. The van der Waals surface area contributed by atoms with Crippen LogP contribution in [0.4, 0.5) is 0 Å². The Morgan fingerprint density at radius 1 is 1.06 bits per heavy atom. The number of hydrazone groups is 1. The highest BCUT2D eigenvalue weighted by atomic mass is 16.7. The van der Waals surface area contributed by atoms with Crippen molar-refractivity contribution in [2.45, 2.75) is 60.3 Å². The molecule has 5 heteroatoms. The standard InChI is InChI=1S/C28H45N3O2/c1-7-10-15-24(5)28(25-16-12-11-13-17-25)29-30(6)18-19-31(9-3)21-23(4)20-27-26(14-8-2)32-22-33-27/h11-14,16-17,20,23-24H,7-10,15,18-19,21-22H2,1-6H3/b26-14+,27-20+,29-28+. The van der Waals surface area contributed by atoms with E-state index in [0.29, 0.717) is 18.6 Å². The van der Waals surface area contributed by atoms with Gasteiger partial charge in [-0.3, -0.25) is 5.01 Å². The quantitative estimate of drug-likeness (QED) is 0.244. The Kier molecular flexibility index (Phi) is 12.1. The first kappa shape index (κ1) is 27.0. The molecule has 1 heterocycles. The van der Waals surface area contributed by atoms with Crippen molar-refractivity contribution in [2.24, 2.45) is 16.9 Å². The number of nitrogens with zero attached hydrogens (tertiary/aromatic N) is 3. The molecule has 0 amide bonds. The van der Waals surface area contributed by atoms with Gasteiger partial charge < -0.3 is 14.4 Å². The fourth-order valence-corrected chi connectivity index (χ4v) is 4.09. The zero-order valence-corrected chi connectivity index (χ0v) is 21.7. The van der Waals surface area contributed by atoms with Gasteiger partial charge in [0.1, 0.15) is 0 Å². The average molecular weight is 456 g/mol. The van der Waals surface area contributed by atoms with E-state index in [1.54, 1.807) is 0 Å². The molecule has 1 fully saturated rings. The SMILES string of the molecule is CC/C=C1/OCO/C1=C/C(C)CN(CC)CCN(C)/N=C(/c1ccccc1)C(C)CCCC. The number of hydrogen-bond acceptors (Lipinski definition) is 5. The lowest BCUT2D eigenvalue weighted by Crippen LogP contribution is -2.34. The first-order valence-electron chi connectivity index (χ1n) is 12.7. The molecule has 184 valence electrons. The van der Waals surface area contributed by atoms with Crippen LogP contribution in [-0.2, 0) is 9.47 Å². The molecular formula is C28H45N3O2. The van der Waals surface area contributed by atoms with Gasteiger partial charge >= 0.3 is 0 Å². The highest BCUT2D eigenvalue weighted by Crippen LogP contribution is 2.23. The van der Waals surface area contributed by atoms with Crippen molar-refractivity contribution in [1.82, 2.24) is 9.91 Å². The third kappa shape index (κ3) is 9.24. The molecule has 2 rings (SSSR count). The van der Waals surface area contributed by atoms with Crippen molar-refractivity contribution in [1.29, 1.82) is 0 Å². The van der Waals surface area contributed by atoms with Crippen LogP contribution in [0.15, 0.2) is 59.1 Å². The molecule has 5 nitrogen and oxygen atoms in total. The largest absolute Gasteiger partial charge is 0.454 e. The summed E-state index contributed by atoms with van der Waals surface area (Å²) in [6.45, 7) is 15.3. The maximum atomic E-state index is 5.66. The molecule has 0 saturated carbocycles. The predicted octanol–water partition coefficient (Wildman–Crippen LogP) is 6.29. The molecule has 0 N–H and O–H groups in total. The van der Waals surface area contributed by atoms with Crippen molar-refractivity contribution in [3.63, 3.8) is 0 Å². The van der Waals surface area contributed by atoms with E-state index in [1.807, 2.05) is 0 Å². The Balaban J connectivity index is 1.98. The molecule has 0 aliphatic carbocycles. The van der Waals surface area contributed by atoms with Gasteiger partial charge in [-0.15, -0.1) is 0 Å². The topological polar surface area (TPSA) is 37.3 Å². The van der Waals surface area contributed by atoms with E-state index in [0.717, 1.165) is 44.1 Å². The van der Waals surface area contributed by atoms with Crippen LogP contribution in [0.2, 0.25) is 0 Å². The van der Waals surface area contributed by atoms with E-state index in [9.17, 15) is 0 Å². The number of likely N-dealkylation sites (N-methyl/N-ethyl adjacent to an activating group) is 2. The zero-order valence-electron chi connectivity index (χ0n) is 21.7. The maximum absolute atomic E-state index is 5.66. The Bertz CT molecular complexity index is 773. The lowest BCUT2D eigenvalue weighted by Gasteiger charge is -2.26. The smallest absolute Gasteiger partial charge is 0.231 e. The molecule has 1 aromatic carbocycles. The molecule has 2 atom stereocenters. The van der Waals surface area contributed by atoms with Crippen molar-refractivity contribution in [3.05, 3.63) is 59.6 Å². The first-order chi connectivity index (χ1) is 16.0. The lowest BCUT2D eigenvalue weighted by atomic mass is 9.94. The highest BCUT2D eigenvalue weighted by Gasteiger charge is 2.18. The monoisotopic (exact) mass is 455 g/mol. The van der Waals surface area contributed by atoms with Crippen LogP contribution < -0.4 is 0 Å². The summed E-state index contributed by atoms with van der Waals surface area (Å²) in [6.07, 6.45) is 8.85. The van der Waals surface area contributed by atoms with Gasteiger partial charge in [-0.25, -0.2) is 0 Å². The van der Waals surface area contributed by atoms with Gasteiger partial charge in [-0.1, -0.05) is 77.8 Å². The zero-order chi connectivity index (χ0) is 24.1. The number of unbranched alkanes of at least 4 members (excludes halogenated alkanes) is 1. The highest BCUT2D eigenvalue weighted by molar-refractivity contribution is 6.01. The molecule has 1 aliphatic heterocycles. The van der Waals surface area contributed by atoms with Gasteiger partial charge in [0, 0.05) is 32.6 Å². The maximum Gasteiger partial charge on any atom is 0.231 e. The van der Waals surface area contributed by atoms with Crippen molar-refractivity contribution in [2.75, 3.05) is 40.0 Å². The van der Waals surface area contributed by atoms with E-state index < -0.39 is 0 Å². The molecule has 1 saturated heterocycles. The summed E-state index contributed by atoms with van der Waals surface area (Å²) in [5.74, 6) is 2.59. The molecule has 1 aliphatic rings. The summed E-state index contributed by atoms with van der Waals surface area (Å²) in [7, 11) is 2.10. The van der Waals surface area contributed by atoms with Gasteiger partial charge in [-0.05, 0) is 43.0 Å². The summed E-state index contributed by atoms with van der Waals surface area (Å²) < 4.78 is 11.2. The molecule has 0 radical (unpaired) electrons. The molecule has 0 spiro atoms. The van der Waals surface area contributed by atoms with Crippen LogP contribution in [0.1, 0.15) is 65.9 Å². The summed E-state index contributed by atoms with van der Waals surface area (Å²) in [4.78, 5) is 2.48. The van der Waals surface area contributed by atoms with Crippen LogP contribution in [0, 0.1) is 11.8 Å². The third-order valence-electron chi connectivity index (χ3n) is 6.04. The Hall–Kier alpha value is -2.27. The van der Waals surface area contributed by atoms with Crippen LogP contribution in [0.5, 0.6) is 0 Å². The van der Waals surface area contributed by atoms with Gasteiger partial charge in [-0.2, -0.15) is 5.10 Å². The summed E-state index contributed by atoms with van der Waals surface area (Å²) in [6, 6.07) is 10.6. The Morgan fingerprint density at radius 2 is 1.79 bits per heavy atom. The lowest BCUT2D eigenvalue weighted by molar-refractivity contribution is 0.0968. The van der Waals surface area contributed by atoms with Crippen LogP contribution >= 0.6 is 0 Å². The third-order valence-corrected chi connectivity index (χ3v) is 6.04. The number of allylic oxidation sites excluding steroid dienone is 1. The summed E-state index contributed by atoms with van der Waals surface area (Å²) in [5.41, 5.74) is 2.43. The summed E-state index contributed by atoms with van der Waals surface area (Å²) in [5, 5.41) is 7.18. The minimum Gasteiger partial charge on any atom is -0.454 e. The van der Waals surface area contributed by atoms with Crippen molar-refractivity contribution < 1.29 is 9.47 Å². The van der Waals surface area contributed by atoms with Gasteiger partial charge in [0.05, 0.1) is 5.71 Å². The fraction of sp³-hybridized carbons (Fsp3) is 0.607. The number of ether oxygens (including phenoxy) is 2. The summed E-state index contributed by atoms with van der Waals surface area (Å²) >= 11 is 0. The normalized spacial score (nSPS) is 18.5. The Labute approximate surface area is 202 Å². The van der Waals surface area contributed by atoms with Gasteiger partial charge in [0.15, 0.2) is 11.5 Å². The van der Waals surface area contributed by atoms with E-state index in [-0.39, 0.29) is 0 Å². The van der Waals surface area contributed by atoms with E-state index in [1.165, 1.54) is 30.5 Å².